The summed E-state index contributed by atoms with van der Waals surface area (Å²) in [4.78, 5) is 0. The predicted molar refractivity (Wildman–Crippen MR) is 73.0 cm³/mol. The lowest BCUT2D eigenvalue weighted by atomic mass is 9.79. The number of methoxy groups -OCH3 is 1. The number of fused-ring (bicyclic) bond motifs is 1. The van der Waals surface area contributed by atoms with Crippen LogP contribution in [0, 0.1) is 0 Å². The first-order valence-electron chi connectivity index (χ1n) is 6.80. The van der Waals surface area contributed by atoms with Gasteiger partial charge in [-0.05, 0) is 55.5 Å². The third-order valence-corrected chi connectivity index (χ3v) is 3.70. The number of hydrogen-bond acceptors (Lipinski definition) is 3. The summed E-state index contributed by atoms with van der Waals surface area (Å²) in [5, 5.41) is 14.2. The van der Waals surface area contributed by atoms with E-state index in [1.165, 1.54) is 5.56 Å². The van der Waals surface area contributed by atoms with E-state index in [9.17, 15) is 5.11 Å². The highest BCUT2D eigenvalue weighted by Gasteiger charge is 2.34. The molecule has 0 radical (unpaired) electrons. The molecule has 0 amide bonds. The van der Waals surface area contributed by atoms with Crippen molar-refractivity contribution < 1.29 is 9.84 Å². The Morgan fingerprint density at radius 3 is 3.00 bits per heavy atom. The van der Waals surface area contributed by atoms with Gasteiger partial charge in [0, 0.05) is 6.54 Å². The van der Waals surface area contributed by atoms with Crippen molar-refractivity contribution in [2.45, 2.75) is 38.2 Å². The molecule has 3 nitrogen and oxygen atoms in total. The smallest absolute Gasteiger partial charge is 0.119 e. The van der Waals surface area contributed by atoms with Crippen LogP contribution < -0.4 is 10.1 Å². The van der Waals surface area contributed by atoms with Gasteiger partial charge in [0.05, 0.1) is 7.11 Å². The van der Waals surface area contributed by atoms with E-state index in [0.29, 0.717) is 6.54 Å². The molecule has 0 bridgehead atoms. The Morgan fingerprint density at radius 2 is 2.28 bits per heavy atom. The van der Waals surface area contributed by atoms with Crippen molar-refractivity contribution in [3.05, 3.63) is 29.3 Å². The van der Waals surface area contributed by atoms with E-state index in [1.807, 2.05) is 12.1 Å². The average Bonchev–Trinajstić information content (AvgIpc) is 2.39. The van der Waals surface area contributed by atoms with E-state index < -0.39 is 5.60 Å². The fraction of sp³-hybridized carbons (Fsp3) is 0.600. The number of benzene rings is 1. The molecule has 2 rings (SSSR count). The molecule has 100 valence electrons. The van der Waals surface area contributed by atoms with Gasteiger partial charge in [-0.15, -0.1) is 0 Å². The van der Waals surface area contributed by atoms with Gasteiger partial charge < -0.3 is 15.2 Å². The Kier molecular flexibility index (Phi) is 4.25. The van der Waals surface area contributed by atoms with Crippen molar-refractivity contribution in [1.82, 2.24) is 5.32 Å². The highest BCUT2D eigenvalue weighted by molar-refractivity contribution is 5.41. The Bertz CT molecular complexity index is 405. The summed E-state index contributed by atoms with van der Waals surface area (Å²) in [5.41, 5.74) is 1.55. The molecule has 0 aromatic heterocycles. The normalized spacial score (nSPS) is 22.6. The molecule has 0 fully saturated rings. The molecular weight excluding hydrogens is 226 g/mol. The van der Waals surface area contributed by atoms with Crippen LogP contribution >= 0.6 is 0 Å². The fourth-order valence-corrected chi connectivity index (χ4v) is 2.70. The van der Waals surface area contributed by atoms with Crippen molar-refractivity contribution in [3.63, 3.8) is 0 Å². The van der Waals surface area contributed by atoms with Gasteiger partial charge in [-0.3, -0.25) is 0 Å². The predicted octanol–water partition coefficient (Wildman–Crippen LogP) is 2.22. The highest BCUT2D eigenvalue weighted by atomic mass is 16.5. The highest BCUT2D eigenvalue weighted by Crippen LogP contribution is 2.36. The monoisotopic (exact) mass is 249 g/mol. The lowest BCUT2D eigenvalue weighted by molar-refractivity contribution is 0.0192. The molecule has 1 unspecified atom stereocenters. The van der Waals surface area contributed by atoms with Crippen LogP contribution in [0.1, 0.15) is 37.3 Å². The zero-order chi connectivity index (χ0) is 13.0. The largest absolute Gasteiger partial charge is 0.497 e. The van der Waals surface area contributed by atoms with Crippen LogP contribution in [0.4, 0.5) is 0 Å². The molecule has 18 heavy (non-hydrogen) atoms. The third-order valence-electron chi connectivity index (χ3n) is 3.70. The van der Waals surface area contributed by atoms with Gasteiger partial charge in [0.25, 0.3) is 0 Å². The van der Waals surface area contributed by atoms with E-state index in [1.54, 1.807) is 7.11 Å². The Balaban J connectivity index is 2.24. The summed E-state index contributed by atoms with van der Waals surface area (Å²) in [6, 6.07) is 6.05. The van der Waals surface area contributed by atoms with Crippen molar-refractivity contribution >= 4 is 0 Å². The Morgan fingerprint density at radius 1 is 1.44 bits per heavy atom. The Hall–Kier alpha value is -1.06. The number of rotatable bonds is 5. The summed E-state index contributed by atoms with van der Waals surface area (Å²) >= 11 is 0. The second-order valence-corrected chi connectivity index (χ2v) is 5.08. The van der Waals surface area contributed by atoms with E-state index >= 15 is 0 Å². The minimum atomic E-state index is -0.739. The molecule has 0 aliphatic heterocycles. The van der Waals surface area contributed by atoms with Gasteiger partial charge >= 0.3 is 0 Å². The van der Waals surface area contributed by atoms with Gasteiger partial charge in [0.2, 0.25) is 0 Å². The number of hydrogen-bond donors (Lipinski definition) is 2. The van der Waals surface area contributed by atoms with Crippen LogP contribution in [0.25, 0.3) is 0 Å². The van der Waals surface area contributed by atoms with Crippen LogP contribution in [-0.2, 0) is 12.0 Å². The molecule has 1 aliphatic rings. The van der Waals surface area contributed by atoms with Gasteiger partial charge in [0.1, 0.15) is 11.4 Å². The minimum Gasteiger partial charge on any atom is -0.497 e. The molecule has 0 heterocycles. The standard InChI is InChI=1S/C15H23NO2/c1-3-9-16-11-15(17)8-4-5-12-6-7-13(18-2)10-14(12)15/h6-7,10,16-17H,3-5,8-9,11H2,1-2H3. The van der Waals surface area contributed by atoms with Gasteiger partial charge in [-0.25, -0.2) is 0 Å². The number of nitrogens with one attached hydrogen (secondary N) is 1. The number of ether oxygens (including phenoxy) is 1. The number of aryl methyl sites for hydroxylation is 1. The summed E-state index contributed by atoms with van der Waals surface area (Å²) in [5.74, 6) is 0.824. The van der Waals surface area contributed by atoms with E-state index in [2.05, 4.69) is 18.3 Å². The second-order valence-electron chi connectivity index (χ2n) is 5.08. The zero-order valence-electron chi connectivity index (χ0n) is 11.3. The topological polar surface area (TPSA) is 41.5 Å². The molecule has 2 N–H and O–H groups in total. The van der Waals surface area contributed by atoms with Gasteiger partial charge in [-0.1, -0.05) is 13.0 Å². The second kappa shape index (κ2) is 5.72. The average molecular weight is 249 g/mol. The first-order chi connectivity index (χ1) is 8.69. The maximum Gasteiger partial charge on any atom is 0.119 e. The molecule has 1 aliphatic carbocycles. The fourth-order valence-electron chi connectivity index (χ4n) is 2.70. The van der Waals surface area contributed by atoms with Gasteiger partial charge in [0.15, 0.2) is 0 Å². The Labute approximate surface area is 109 Å². The lowest BCUT2D eigenvalue weighted by Gasteiger charge is -2.35. The molecule has 0 saturated carbocycles. The van der Waals surface area contributed by atoms with Crippen molar-refractivity contribution in [2.75, 3.05) is 20.2 Å². The van der Waals surface area contributed by atoms with Crippen LogP contribution in [0.2, 0.25) is 0 Å². The van der Waals surface area contributed by atoms with Gasteiger partial charge in [-0.2, -0.15) is 0 Å². The van der Waals surface area contributed by atoms with Crippen molar-refractivity contribution in [1.29, 1.82) is 0 Å². The molecule has 1 atom stereocenters. The molecule has 1 aromatic carbocycles. The molecule has 0 spiro atoms. The van der Waals surface area contributed by atoms with E-state index in [0.717, 1.165) is 43.5 Å². The maximum absolute atomic E-state index is 10.9. The summed E-state index contributed by atoms with van der Waals surface area (Å²) < 4.78 is 5.27. The number of aliphatic hydroxyl groups is 1. The quantitative estimate of drug-likeness (QED) is 0.786. The molecule has 0 saturated heterocycles. The molecule has 3 heteroatoms. The molecular formula is C15H23NO2. The van der Waals surface area contributed by atoms with Crippen LogP contribution in [0.5, 0.6) is 5.75 Å². The minimum absolute atomic E-state index is 0.626. The first kappa shape index (κ1) is 13.4. The van der Waals surface area contributed by atoms with Crippen molar-refractivity contribution in [2.24, 2.45) is 0 Å². The third kappa shape index (κ3) is 2.68. The first-order valence-corrected chi connectivity index (χ1v) is 6.80. The van der Waals surface area contributed by atoms with Crippen LogP contribution in [-0.4, -0.2) is 25.3 Å². The summed E-state index contributed by atoms with van der Waals surface area (Å²) in [6.45, 7) is 3.71. The maximum atomic E-state index is 10.9. The van der Waals surface area contributed by atoms with Crippen LogP contribution in [0.3, 0.4) is 0 Å². The van der Waals surface area contributed by atoms with Crippen LogP contribution in [0.15, 0.2) is 18.2 Å². The summed E-state index contributed by atoms with van der Waals surface area (Å²) in [6.07, 6.45) is 4.00. The molecule has 1 aromatic rings. The van der Waals surface area contributed by atoms with E-state index in [4.69, 9.17) is 4.74 Å². The van der Waals surface area contributed by atoms with E-state index in [-0.39, 0.29) is 0 Å². The SMILES string of the molecule is CCCNCC1(O)CCCc2ccc(OC)cc21. The zero-order valence-corrected chi connectivity index (χ0v) is 11.3. The lowest BCUT2D eigenvalue weighted by Crippen LogP contribution is -2.41. The summed E-state index contributed by atoms with van der Waals surface area (Å²) in [7, 11) is 1.67. The van der Waals surface area contributed by atoms with Crippen molar-refractivity contribution in [3.8, 4) is 5.75 Å².